The molecule has 4 heteroatoms. The van der Waals surface area contributed by atoms with Crippen molar-refractivity contribution in [1.29, 1.82) is 0 Å². The third-order valence-corrected chi connectivity index (χ3v) is 3.83. The molecule has 0 saturated heterocycles. The Morgan fingerprint density at radius 2 is 2.00 bits per heavy atom. The molecule has 1 aromatic carbocycles. The first kappa shape index (κ1) is 12.1. The quantitative estimate of drug-likeness (QED) is 0.777. The Hall–Kier alpha value is -1.97. The molecule has 1 aliphatic rings. The highest BCUT2D eigenvalue weighted by molar-refractivity contribution is 5.96. The Labute approximate surface area is 111 Å². The van der Waals surface area contributed by atoms with Gasteiger partial charge in [0.15, 0.2) is 0 Å². The maximum Gasteiger partial charge on any atom is 0.337 e. The van der Waals surface area contributed by atoms with Gasteiger partial charge in [0.25, 0.3) is 0 Å². The third-order valence-electron chi connectivity index (χ3n) is 3.83. The summed E-state index contributed by atoms with van der Waals surface area (Å²) in [7, 11) is 3.06. The number of rotatable bonds is 2. The van der Waals surface area contributed by atoms with Gasteiger partial charge in [-0.1, -0.05) is 6.07 Å². The van der Waals surface area contributed by atoms with E-state index in [1.54, 1.807) is 7.11 Å². The molecule has 0 radical (unpaired) electrons. The summed E-state index contributed by atoms with van der Waals surface area (Å²) >= 11 is 0. The molecule has 0 bridgehead atoms. The zero-order chi connectivity index (χ0) is 13.4. The van der Waals surface area contributed by atoms with E-state index in [1.807, 2.05) is 22.9 Å². The lowest BCUT2D eigenvalue weighted by atomic mass is 9.95. The molecule has 3 rings (SSSR count). The smallest absolute Gasteiger partial charge is 0.337 e. The number of fused-ring (bicyclic) bond motifs is 3. The largest absolute Gasteiger partial charge is 0.465 e. The summed E-state index contributed by atoms with van der Waals surface area (Å²) in [4.78, 5) is 17.1. The van der Waals surface area contributed by atoms with Crippen LogP contribution in [-0.4, -0.2) is 24.9 Å². The summed E-state index contributed by atoms with van der Waals surface area (Å²) in [5, 5.41) is 1.18. The van der Waals surface area contributed by atoms with E-state index in [4.69, 9.17) is 9.57 Å². The summed E-state index contributed by atoms with van der Waals surface area (Å²) in [5.41, 5.74) is 4.12. The number of aryl methyl sites for hydroxylation is 1. The van der Waals surface area contributed by atoms with Gasteiger partial charge in [0.1, 0.15) is 7.11 Å². The lowest BCUT2D eigenvalue weighted by Crippen LogP contribution is -2.13. The topological polar surface area (TPSA) is 40.5 Å². The second kappa shape index (κ2) is 4.61. The number of hydrogen-bond donors (Lipinski definition) is 0. The van der Waals surface area contributed by atoms with Crippen molar-refractivity contribution < 1.29 is 14.4 Å². The molecule has 0 atom stereocenters. The van der Waals surface area contributed by atoms with Gasteiger partial charge in [-0.05, 0) is 43.4 Å². The molecule has 1 aromatic heterocycles. The van der Waals surface area contributed by atoms with Crippen LogP contribution < -0.4 is 4.84 Å². The van der Waals surface area contributed by atoms with E-state index in [1.165, 1.54) is 36.6 Å². The van der Waals surface area contributed by atoms with E-state index in [0.717, 1.165) is 18.4 Å². The zero-order valence-corrected chi connectivity index (χ0v) is 11.2. The van der Waals surface area contributed by atoms with Gasteiger partial charge in [0, 0.05) is 5.39 Å². The average molecular weight is 259 g/mol. The summed E-state index contributed by atoms with van der Waals surface area (Å²) in [6.45, 7) is 0. The van der Waals surface area contributed by atoms with Crippen LogP contribution in [0.5, 0.6) is 0 Å². The number of ether oxygens (including phenoxy) is 1. The van der Waals surface area contributed by atoms with E-state index >= 15 is 0 Å². The zero-order valence-electron chi connectivity index (χ0n) is 11.2. The number of nitrogens with zero attached hydrogens (tertiary/aromatic N) is 1. The second-order valence-corrected chi connectivity index (χ2v) is 4.83. The van der Waals surface area contributed by atoms with Crippen LogP contribution in [0.15, 0.2) is 18.2 Å². The van der Waals surface area contributed by atoms with E-state index in [9.17, 15) is 4.79 Å². The number of esters is 1. The van der Waals surface area contributed by atoms with Crippen molar-refractivity contribution >= 4 is 16.9 Å². The summed E-state index contributed by atoms with van der Waals surface area (Å²) in [5.74, 6) is -0.316. The third kappa shape index (κ3) is 1.79. The van der Waals surface area contributed by atoms with Crippen LogP contribution in [0.2, 0.25) is 0 Å². The molecule has 2 aromatic rings. The van der Waals surface area contributed by atoms with Crippen molar-refractivity contribution in [2.24, 2.45) is 0 Å². The van der Waals surface area contributed by atoms with Gasteiger partial charge in [-0.25, -0.2) is 4.79 Å². The number of aromatic nitrogens is 1. The molecule has 1 aliphatic carbocycles. The maximum absolute atomic E-state index is 11.6. The molecule has 0 fully saturated rings. The van der Waals surface area contributed by atoms with E-state index < -0.39 is 0 Å². The number of hydrogen-bond acceptors (Lipinski definition) is 3. The maximum atomic E-state index is 11.6. The van der Waals surface area contributed by atoms with Gasteiger partial charge in [-0.2, -0.15) is 4.73 Å². The Morgan fingerprint density at radius 3 is 2.74 bits per heavy atom. The predicted molar refractivity (Wildman–Crippen MR) is 72.4 cm³/mol. The van der Waals surface area contributed by atoms with Crippen molar-refractivity contribution in [3.63, 3.8) is 0 Å². The van der Waals surface area contributed by atoms with Gasteiger partial charge < -0.3 is 9.57 Å². The fraction of sp³-hybridized carbons (Fsp3) is 0.400. The van der Waals surface area contributed by atoms with Gasteiger partial charge in [-0.3, -0.25) is 0 Å². The molecule has 0 aliphatic heterocycles. The van der Waals surface area contributed by atoms with Gasteiger partial charge in [-0.15, -0.1) is 0 Å². The SMILES string of the molecule is COC(=O)c1ccc2c3c(n(OC)c2c1)CCCC3. The monoisotopic (exact) mass is 259 g/mol. The van der Waals surface area contributed by atoms with Crippen LogP contribution in [0, 0.1) is 0 Å². The highest BCUT2D eigenvalue weighted by atomic mass is 16.6. The molecule has 0 N–H and O–H groups in total. The van der Waals surface area contributed by atoms with Crippen molar-refractivity contribution in [2.45, 2.75) is 25.7 Å². The molecule has 0 unspecified atom stereocenters. The highest BCUT2D eigenvalue weighted by Crippen LogP contribution is 2.32. The molecule has 100 valence electrons. The van der Waals surface area contributed by atoms with Crippen LogP contribution >= 0.6 is 0 Å². The van der Waals surface area contributed by atoms with Crippen LogP contribution in [-0.2, 0) is 17.6 Å². The Balaban J connectivity index is 2.24. The molecular weight excluding hydrogens is 242 g/mol. The lowest BCUT2D eigenvalue weighted by Gasteiger charge is -2.14. The van der Waals surface area contributed by atoms with Crippen molar-refractivity contribution in [3.05, 3.63) is 35.0 Å². The van der Waals surface area contributed by atoms with Crippen LogP contribution in [0.3, 0.4) is 0 Å². The van der Waals surface area contributed by atoms with Gasteiger partial charge in [0.2, 0.25) is 0 Å². The molecular formula is C15H17NO3. The van der Waals surface area contributed by atoms with Crippen molar-refractivity contribution in [1.82, 2.24) is 4.73 Å². The van der Waals surface area contributed by atoms with Crippen LogP contribution in [0.25, 0.3) is 10.9 Å². The molecule has 0 spiro atoms. The first-order chi connectivity index (χ1) is 9.26. The lowest BCUT2D eigenvalue weighted by molar-refractivity contribution is 0.0601. The van der Waals surface area contributed by atoms with Crippen LogP contribution in [0.4, 0.5) is 0 Å². The molecule has 0 saturated carbocycles. The molecule has 0 amide bonds. The summed E-state index contributed by atoms with van der Waals surface area (Å²) in [6.07, 6.45) is 4.52. The van der Waals surface area contributed by atoms with E-state index in [-0.39, 0.29) is 5.97 Å². The fourth-order valence-electron chi connectivity index (χ4n) is 2.96. The number of benzene rings is 1. The van der Waals surface area contributed by atoms with E-state index in [0.29, 0.717) is 5.56 Å². The summed E-state index contributed by atoms with van der Waals surface area (Å²) in [6, 6.07) is 5.67. The minimum Gasteiger partial charge on any atom is -0.465 e. The summed E-state index contributed by atoms with van der Waals surface area (Å²) < 4.78 is 6.63. The second-order valence-electron chi connectivity index (χ2n) is 4.83. The molecule has 4 nitrogen and oxygen atoms in total. The van der Waals surface area contributed by atoms with Gasteiger partial charge >= 0.3 is 5.97 Å². The van der Waals surface area contributed by atoms with Crippen molar-refractivity contribution in [3.8, 4) is 0 Å². The standard InChI is InChI=1S/C15H17NO3/c1-18-15(17)10-7-8-12-11-5-3-4-6-13(11)16(19-2)14(12)9-10/h7-9H,3-6H2,1-2H3. The minimum atomic E-state index is -0.316. The van der Waals surface area contributed by atoms with Crippen molar-refractivity contribution in [2.75, 3.05) is 14.2 Å². The Morgan fingerprint density at radius 1 is 1.21 bits per heavy atom. The minimum absolute atomic E-state index is 0.316. The van der Waals surface area contributed by atoms with E-state index in [2.05, 4.69) is 0 Å². The molecule has 1 heterocycles. The highest BCUT2D eigenvalue weighted by Gasteiger charge is 2.21. The molecule has 19 heavy (non-hydrogen) atoms. The van der Waals surface area contributed by atoms with Gasteiger partial charge in [0.05, 0.1) is 23.9 Å². The number of carbonyl (C=O) groups excluding carboxylic acids is 1. The van der Waals surface area contributed by atoms with Crippen LogP contribution in [0.1, 0.15) is 34.5 Å². The number of methoxy groups -OCH3 is 1. The predicted octanol–water partition coefficient (Wildman–Crippen LogP) is 2.37. The average Bonchev–Trinajstić information content (AvgIpc) is 2.79. The Kier molecular flexibility index (Phi) is 2.93. The normalized spacial score (nSPS) is 14.2. The first-order valence-electron chi connectivity index (χ1n) is 6.55. The fourth-order valence-corrected chi connectivity index (χ4v) is 2.96. The number of carbonyl (C=O) groups is 1. The Bertz CT molecular complexity index is 642. The first-order valence-corrected chi connectivity index (χ1v) is 6.55.